The summed E-state index contributed by atoms with van der Waals surface area (Å²) in [6.07, 6.45) is 4.57. The van der Waals surface area contributed by atoms with Gasteiger partial charge < -0.3 is 14.9 Å². The Morgan fingerprint density at radius 2 is 1.33 bits per heavy atom. The number of nitrogens with zero attached hydrogens (tertiary/aromatic N) is 1. The summed E-state index contributed by atoms with van der Waals surface area (Å²) in [6, 6.07) is 32.3. The number of aryl methyl sites for hydroxylation is 1. The molecule has 4 rings (SSSR count). The van der Waals surface area contributed by atoms with Gasteiger partial charge in [-0.3, -0.25) is 9.69 Å². The van der Waals surface area contributed by atoms with Gasteiger partial charge in [0.05, 0.1) is 5.56 Å². The molecular weight excluding hydrogens is 538 g/mol. The Labute approximate surface area is 254 Å². The lowest BCUT2D eigenvalue weighted by atomic mass is 10.0. The molecule has 0 bridgehead atoms. The Balaban J connectivity index is 1.36. The van der Waals surface area contributed by atoms with E-state index in [2.05, 4.69) is 66.4 Å². The summed E-state index contributed by atoms with van der Waals surface area (Å²) in [7, 11) is 0. The lowest BCUT2D eigenvalue weighted by Gasteiger charge is -2.23. The van der Waals surface area contributed by atoms with E-state index in [4.69, 9.17) is 9.84 Å². The number of unbranched alkanes of at least 4 members (excludes halogenated alkanes) is 1. The summed E-state index contributed by atoms with van der Waals surface area (Å²) in [5, 5.41) is 18.2. The lowest BCUT2D eigenvalue weighted by Crippen LogP contribution is -2.27. The van der Waals surface area contributed by atoms with E-state index in [9.17, 15) is 14.7 Å². The number of benzene rings is 4. The largest absolute Gasteiger partial charge is 0.489 e. The summed E-state index contributed by atoms with van der Waals surface area (Å²) in [5.74, 6) is -0.867. The number of aromatic carboxylic acids is 1. The molecule has 6 nitrogen and oxygen atoms in total. The fourth-order valence-electron chi connectivity index (χ4n) is 5.13. The third-order valence-electron chi connectivity index (χ3n) is 7.57. The minimum absolute atomic E-state index is 0.157. The van der Waals surface area contributed by atoms with Crippen molar-refractivity contribution in [2.24, 2.45) is 0 Å². The van der Waals surface area contributed by atoms with Crippen LogP contribution < -0.4 is 4.74 Å². The van der Waals surface area contributed by atoms with Crippen LogP contribution in [0.25, 0.3) is 11.1 Å². The van der Waals surface area contributed by atoms with Gasteiger partial charge in [0.15, 0.2) is 0 Å². The Hall–Kier alpha value is -4.42. The number of ether oxygens (including phenoxy) is 1. The zero-order valence-electron chi connectivity index (χ0n) is 24.9. The highest BCUT2D eigenvalue weighted by atomic mass is 16.5. The van der Waals surface area contributed by atoms with Crippen LogP contribution in [-0.2, 0) is 30.8 Å². The number of hydrogen-bond acceptors (Lipinski definition) is 4. The first-order chi connectivity index (χ1) is 20.9. The summed E-state index contributed by atoms with van der Waals surface area (Å²) < 4.78 is 6.28. The Morgan fingerprint density at radius 3 is 1.95 bits per heavy atom. The highest BCUT2D eigenvalue weighted by molar-refractivity contribution is 5.87. The van der Waals surface area contributed by atoms with Gasteiger partial charge >= 0.3 is 11.9 Å². The fourth-order valence-corrected chi connectivity index (χ4v) is 5.13. The van der Waals surface area contributed by atoms with Crippen LogP contribution in [0.3, 0.4) is 0 Å². The van der Waals surface area contributed by atoms with Gasteiger partial charge in [-0.05, 0) is 83.8 Å². The van der Waals surface area contributed by atoms with Crippen molar-refractivity contribution in [3.05, 3.63) is 125 Å². The Morgan fingerprint density at radius 1 is 0.698 bits per heavy atom. The predicted molar refractivity (Wildman–Crippen MR) is 171 cm³/mol. The molecule has 0 heterocycles. The van der Waals surface area contributed by atoms with Gasteiger partial charge in [0.1, 0.15) is 12.4 Å². The number of rotatable bonds is 17. The number of aliphatic carboxylic acids is 1. The number of para-hydroxylation sites is 1. The van der Waals surface area contributed by atoms with Gasteiger partial charge in [0, 0.05) is 19.5 Å². The molecule has 4 aromatic carbocycles. The fraction of sp³-hybridized carbons (Fsp3) is 0.297. The second kappa shape index (κ2) is 16.3. The molecule has 0 aliphatic heterocycles. The topological polar surface area (TPSA) is 87.1 Å². The molecular formula is C37H41NO5. The van der Waals surface area contributed by atoms with E-state index < -0.39 is 11.9 Å². The molecule has 2 N–H and O–H groups in total. The molecule has 224 valence electrons. The molecule has 0 atom stereocenters. The first-order valence-electron chi connectivity index (χ1n) is 15.1. The van der Waals surface area contributed by atoms with Crippen molar-refractivity contribution in [3.63, 3.8) is 0 Å². The molecule has 0 amide bonds. The van der Waals surface area contributed by atoms with Crippen LogP contribution in [0.15, 0.2) is 97.1 Å². The number of hydrogen-bond donors (Lipinski definition) is 2. The molecule has 6 heteroatoms. The van der Waals surface area contributed by atoms with Crippen molar-refractivity contribution in [2.75, 3.05) is 13.1 Å². The van der Waals surface area contributed by atoms with Crippen molar-refractivity contribution in [1.29, 1.82) is 0 Å². The van der Waals surface area contributed by atoms with Crippen LogP contribution in [0.2, 0.25) is 0 Å². The molecule has 0 aliphatic rings. The number of carboxylic acids is 2. The van der Waals surface area contributed by atoms with Gasteiger partial charge in [-0.25, -0.2) is 4.79 Å². The molecule has 0 fully saturated rings. The van der Waals surface area contributed by atoms with Crippen molar-refractivity contribution in [3.8, 4) is 16.9 Å². The van der Waals surface area contributed by atoms with Crippen LogP contribution in [-0.4, -0.2) is 40.1 Å². The highest BCUT2D eigenvalue weighted by Crippen LogP contribution is 2.24. The molecule has 0 unspecified atom stereocenters. The molecule has 0 aromatic heterocycles. The van der Waals surface area contributed by atoms with Gasteiger partial charge in [-0.1, -0.05) is 92.2 Å². The van der Waals surface area contributed by atoms with Crippen molar-refractivity contribution < 1.29 is 24.5 Å². The van der Waals surface area contributed by atoms with Crippen LogP contribution in [0.4, 0.5) is 0 Å². The number of carboxylic acid groups (broad SMARTS) is 2. The molecule has 4 aromatic rings. The van der Waals surface area contributed by atoms with Gasteiger partial charge in [-0.2, -0.15) is 0 Å². The Kier molecular flexibility index (Phi) is 11.9. The van der Waals surface area contributed by atoms with Crippen LogP contribution >= 0.6 is 0 Å². The van der Waals surface area contributed by atoms with Crippen molar-refractivity contribution in [1.82, 2.24) is 4.90 Å². The normalized spacial score (nSPS) is 11.0. The third kappa shape index (κ3) is 10.1. The third-order valence-corrected chi connectivity index (χ3v) is 7.57. The average Bonchev–Trinajstić information content (AvgIpc) is 3.02. The molecule has 0 saturated heterocycles. The summed E-state index contributed by atoms with van der Waals surface area (Å²) in [4.78, 5) is 24.5. The lowest BCUT2D eigenvalue weighted by molar-refractivity contribution is -0.137. The van der Waals surface area contributed by atoms with Crippen LogP contribution in [0, 0.1) is 0 Å². The van der Waals surface area contributed by atoms with E-state index in [1.54, 1.807) is 12.1 Å². The maximum absolute atomic E-state index is 11.2. The quantitative estimate of drug-likeness (QED) is 0.124. The van der Waals surface area contributed by atoms with E-state index in [0.717, 1.165) is 61.2 Å². The predicted octanol–water partition coefficient (Wildman–Crippen LogP) is 7.88. The molecule has 0 aliphatic carbocycles. The van der Waals surface area contributed by atoms with E-state index in [1.165, 1.54) is 16.7 Å². The van der Waals surface area contributed by atoms with E-state index in [1.807, 2.05) is 30.3 Å². The maximum atomic E-state index is 11.2. The maximum Gasteiger partial charge on any atom is 0.335 e. The van der Waals surface area contributed by atoms with E-state index in [-0.39, 0.29) is 12.0 Å². The molecule has 0 radical (unpaired) electrons. The van der Waals surface area contributed by atoms with Crippen LogP contribution in [0.1, 0.15) is 65.2 Å². The zero-order valence-corrected chi connectivity index (χ0v) is 24.9. The number of carbonyl (C=O) groups is 2. The molecule has 0 spiro atoms. The Bertz CT molecular complexity index is 1450. The van der Waals surface area contributed by atoms with Crippen molar-refractivity contribution >= 4 is 11.9 Å². The summed E-state index contributed by atoms with van der Waals surface area (Å²) >= 11 is 0. The first kappa shape index (κ1) is 31.5. The highest BCUT2D eigenvalue weighted by Gasteiger charge is 2.11. The second-order valence-corrected chi connectivity index (χ2v) is 10.9. The van der Waals surface area contributed by atoms with E-state index >= 15 is 0 Å². The summed E-state index contributed by atoms with van der Waals surface area (Å²) in [6.45, 7) is 4.85. The standard InChI is InChI=1S/C37H41NO5/c1-2-7-28-11-17-31(18-12-28)32-19-15-30(16-20-32)27-43-35-9-4-3-8-33(35)23-25-38(24-6-5-10-36(39)40)26-29-13-21-34(22-14-29)37(41)42/h3-4,8-9,11-22H,2,5-7,10,23-27H2,1H3,(H,39,40)(H,41,42). The SMILES string of the molecule is CCCc1ccc(-c2ccc(COc3ccccc3CCN(CCCCC(=O)O)Cc3ccc(C(=O)O)cc3)cc2)cc1. The van der Waals surface area contributed by atoms with Crippen molar-refractivity contribution in [2.45, 2.75) is 58.6 Å². The van der Waals surface area contributed by atoms with Gasteiger partial charge in [0.25, 0.3) is 0 Å². The summed E-state index contributed by atoms with van der Waals surface area (Å²) in [5.41, 5.74) is 7.27. The van der Waals surface area contributed by atoms with Gasteiger partial charge in [0.2, 0.25) is 0 Å². The first-order valence-corrected chi connectivity index (χ1v) is 15.1. The molecule has 43 heavy (non-hydrogen) atoms. The monoisotopic (exact) mass is 579 g/mol. The second-order valence-electron chi connectivity index (χ2n) is 10.9. The zero-order chi connectivity index (χ0) is 30.4. The van der Waals surface area contributed by atoms with E-state index in [0.29, 0.717) is 19.6 Å². The van der Waals surface area contributed by atoms with Crippen LogP contribution in [0.5, 0.6) is 5.75 Å². The minimum Gasteiger partial charge on any atom is -0.489 e. The minimum atomic E-state index is -0.943. The van der Waals surface area contributed by atoms with Gasteiger partial charge in [-0.15, -0.1) is 0 Å². The molecule has 0 saturated carbocycles. The smallest absolute Gasteiger partial charge is 0.335 e. The average molecular weight is 580 g/mol.